The summed E-state index contributed by atoms with van der Waals surface area (Å²) in [6.07, 6.45) is 0.494. The number of amides is 2. The quantitative estimate of drug-likeness (QED) is 0.540. The van der Waals surface area contributed by atoms with E-state index in [-0.39, 0.29) is 36.2 Å². The largest absolute Gasteiger partial charge is 0.351 e. The number of nitrogens with two attached hydrogens (primary N) is 1. The number of nitrogens with zero attached hydrogens (tertiary/aromatic N) is 1. The van der Waals surface area contributed by atoms with Gasteiger partial charge in [-0.25, -0.2) is 0 Å². The van der Waals surface area contributed by atoms with Gasteiger partial charge in [-0.1, -0.05) is 12.1 Å². The van der Waals surface area contributed by atoms with Crippen LogP contribution in [0.1, 0.15) is 39.2 Å². The lowest BCUT2D eigenvalue weighted by atomic mass is 9.99. The molecular weight excluding hydrogens is 394 g/mol. The van der Waals surface area contributed by atoms with Crippen LogP contribution < -0.4 is 21.9 Å². The van der Waals surface area contributed by atoms with Gasteiger partial charge in [-0.3, -0.25) is 14.4 Å². The molecule has 0 saturated heterocycles. The summed E-state index contributed by atoms with van der Waals surface area (Å²) in [4.78, 5) is 39.1. The number of anilines is 1. The fourth-order valence-corrected chi connectivity index (χ4v) is 2.94. The highest BCUT2D eigenvalue weighted by molar-refractivity contribution is 6.03. The molecule has 2 amide bonds. The maximum absolute atomic E-state index is 12.4. The molecule has 1 aromatic carbocycles. The lowest BCUT2D eigenvalue weighted by Gasteiger charge is -2.13. The summed E-state index contributed by atoms with van der Waals surface area (Å²) in [6.45, 7) is 4.10. The monoisotopic (exact) mass is 417 g/mol. The molecule has 0 spiro atoms. The predicted molar refractivity (Wildman–Crippen MR) is 113 cm³/mol. The van der Waals surface area contributed by atoms with Crippen LogP contribution >= 0.6 is 12.4 Å². The van der Waals surface area contributed by atoms with E-state index in [1.807, 2.05) is 6.07 Å². The van der Waals surface area contributed by atoms with Crippen molar-refractivity contribution in [3.8, 4) is 6.07 Å². The number of para-hydroxylation sites is 1. The minimum absolute atomic E-state index is 0. The summed E-state index contributed by atoms with van der Waals surface area (Å²) < 4.78 is 0. The highest BCUT2D eigenvalue weighted by Gasteiger charge is 2.15. The van der Waals surface area contributed by atoms with Crippen LogP contribution in [0.25, 0.3) is 0 Å². The molecule has 1 heterocycles. The molecule has 2 rings (SSSR count). The van der Waals surface area contributed by atoms with Crippen molar-refractivity contribution in [2.24, 2.45) is 5.73 Å². The molecule has 1 aromatic heterocycles. The predicted octanol–water partition coefficient (Wildman–Crippen LogP) is 1.55. The zero-order valence-electron chi connectivity index (χ0n) is 16.3. The Morgan fingerprint density at radius 3 is 2.59 bits per heavy atom. The van der Waals surface area contributed by atoms with Crippen molar-refractivity contribution in [1.29, 1.82) is 5.26 Å². The Morgan fingerprint density at radius 1 is 1.24 bits per heavy atom. The maximum Gasteiger partial charge on any atom is 0.266 e. The van der Waals surface area contributed by atoms with Crippen LogP contribution in [0.2, 0.25) is 0 Å². The molecular formula is C20H24ClN5O3. The van der Waals surface area contributed by atoms with Crippen LogP contribution in [0.5, 0.6) is 0 Å². The Labute approximate surface area is 174 Å². The van der Waals surface area contributed by atoms with E-state index in [1.54, 1.807) is 38.1 Å². The summed E-state index contributed by atoms with van der Waals surface area (Å²) in [5.41, 5.74) is 7.77. The Balaban J connectivity index is 0.00000420. The number of nitrogens with one attached hydrogen (secondary N) is 3. The van der Waals surface area contributed by atoms with Gasteiger partial charge in [0.25, 0.3) is 11.5 Å². The second kappa shape index (κ2) is 11.0. The van der Waals surface area contributed by atoms with Crippen LogP contribution in [-0.4, -0.2) is 29.9 Å². The molecule has 0 bridgehead atoms. The fourth-order valence-electron chi connectivity index (χ4n) is 2.94. The van der Waals surface area contributed by atoms with Crippen LogP contribution in [0.4, 0.5) is 5.69 Å². The van der Waals surface area contributed by atoms with Crippen LogP contribution in [0, 0.1) is 25.2 Å². The summed E-state index contributed by atoms with van der Waals surface area (Å²) >= 11 is 0. The molecule has 0 radical (unpaired) electrons. The molecule has 9 heteroatoms. The fraction of sp³-hybridized carbons (Fsp3) is 0.300. The molecule has 0 aliphatic carbocycles. The molecule has 0 atom stereocenters. The van der Waals surface area contributed by atoms with Gasteiger partial charge in [0.05, 0.1) is 11.3 Å². The number of hydrogen-bond acceptors (Lipinski definition) is 5. The smallest absolute Gasteiger partial charge is 0.266 e. The Hall–Kier alpha value is -3.15. The molecule has 0 aliphatic heterocycles. The molecule has 0 aliphatic rings. The first kappa shape index (κ1) is 23.9. The third-order valence-electron chi connectivity index (χ3n) is 4.40. The van der Waals surface area contributed by atoms with Crippen molar-refractivity contribution in [3.63, 3.8) is 0 Å². The number of aryl methyl sites for hydroxylation is 1. The Bertz CT molecular complexity index is 995. The van der Waals surface area contributed by atoms with E-state index in [4.69, 9.17) is 11.0 Å². The van der Waals surface area contributed by atoms with Gasteiger partial charge in [0.15, 0.2) is 0 Å². The highest BCUT2D eigenvalue weighted by Crippen LogP contribution is 2.18. The van der Waals surface area contributed by atoms with Gasteiger partial charge >= 0.3 is 0 Å². The number of rotatable bonds is 7. The zero-order chi connectivity index (χ0) is 20.7. The third kappa shape index (κ3) is 5.91. The second-order valence-corrected chi connectivity index (χ2v) is 6.31. The van der Waals surface area contributed by atoms with Crippen LogP contribution in [-0.2, 0) is 11.2 Å². The molecule has 0 saturated carbocycles. The molecule has 5 N–H and O–H groups in total. The van der Waals surface area contributed by atoms with E-state index in [0.717, 1.165) is 5.56 Å². The number of hydrogen-bond donors (Lipinski definition) is 4. The van der Waals surface area contributed by atoms with E-state index >= 15 is 0 Å². The van der Waals surface area contributed by atoms with Crippen molar-refractivity contribution in [1.82, 2.24) is 10.3 Å². The van der Waals surface area contributed by atoms with E-state index in [0.29, 0.717) is 42.0 Å². The first-order valence-corrected chi connectivity index (χ1v) is 8.88. The molecule has 154 valence electrons. The molecule has 2 aromatic rings. The summed E-state index contributed by atoms with van der Waals surface area (Å²) in [6, 6.07) is 8.61. The zero-order valence-corrected chi connectivity index (χ0v) is 17.1. The Kier molecular flexibility index (Phi) is 9.06. The molecule has 0 unspecified atom stereocenters. The first-order valence-electron chi connectivity index (χ1n) is 8.88. The van der Waals surface area contributed by atoms with Crippen LogP contribution in [0.15, 0.2) is 29.1 Å². The maximum atomic E-state index is 12.4. The summed E-state index contributed by atoms with van der Waals surface area (Å²) in [5, 5.41) is 14.6. The third-order valence-corrected chi connectivity index (χ3v) is 4.40. The SMILES string of the molecule is Cc1[nH]c(=O)c(C#N)c(C)c1CCC(=O)Nc1ccccc1C(=O)NCCN.Cl. The summed E-state index contributed by atoms with van der Waals surface area (Å²) in [7, 11) is 0. The van der Waals surface area contributed by atoms with Gasteiger partial charge in [0.2, 0.25) is 5.91 Å². The average molecular weight is 418 g/mol. The Morgan fingerprint density at radius 2 is 1.93 bits per heavy atom. The number of H-pyrrole nitrogens is 1. The minimum Gasteiger partial charge on any atom is -0.351 e. The van der Waals surface area contributed by atoms with Gasteiger partial charge in [-0.2, -0.15) is 5.26 Å². The van der Waals surface area contributed by atoms with Gasteiger partial charge in [0, 0.05) is 25.2 Å². The van der Waals surface area contributed by atoms with Crippen molar-refractivity contribution >= 4 is 29.9 Å². The molecule has 8 nitrogen and oxygen atoms in total. The highest BCUT2D eigenvalue weighted by atomic mass is 35.5. The van der Waals surface area contributed by atoms with E-state index < -0.39 is 5.56 Å². The van der Waals surface area contributed by atoms with Gasteiger partial charge in [0.1, 0.15) is 11.6 Å². The van der Waals surface area contributed by atoms with Crippen molar-refractivity contribution in [2.75, 3.05) is 18.4 Å². The topological polar surface area (TPSA) is 141 Å². The van der Waals surface area contributed by atoms with E-state index in [2.05, 4.69) is 15.6 Å². The number of halogens is 1. The number of pyridine rings is 1. The van der Waals surface area contributed by atoms with Crippen molar-refractivity contribution in [2.45, 2.75) is 26.7 Å². The van der Waals surface area contributed by atoms with Crippen LogP contribution in [0.3, 0.4) is 0 Å². The number of carbonyl (C=O) groups excluding carboxylic acids is 2. The van der Waals surface area contributed by atoms with E-state index in [1.165, 1.54) is 0 Å². The van der Waals surface area contributed by atoms with Gasteiger partial charge < -0.3 is 21.4 Å². The first-order chi connectivity index (χ1) is 13.4. The molecule has 29 heavy (non-hydrogen) atoms. The summed E-state index contributed by atoms with van der Waals surface area (Å²) in [5.74, 6) is -0.588. The standard InChI is InChI=1S/C20H23N5O3.ClH/c1-12-14(13(2)24-20(28)16(12)11-22)7-8-18(26)25-17-6-4-3-5-15(17)19(27)23-10-9-21;/h3-6H,7-10,21H2,1-2H3,(H,23,27)(H,24,28)(H,25,26);1H. The lowest BCUT2D eigenvalue weighted by molar-refractivity contribution is -0.116. The average Bonchev–Trinajstić information content (AvgIpc) is 2.66. The minimum atomic E-state index is -0.428. The molecule has 0 fully saturated rings. The normalized spacial score (nSPS) is 9.86. The van der Waals surface area contributed by atoms with E-state index in [9.17, 15) is 14.4 Å². The number of benzene rings is 1. The number of aromatic amines is 1. The van der Waals surface area contributed by atoms with Crippen molar-refractivity contribution in [3.05, 3.63) is 62.6 Å². The lowest BCUT2D eigenvalue weighted by Crippen LogP contribution is -2.30. The van der Waals surface area contributed by atoms with Gasteiger partial charge in [-0.15, -0.1) is 12.4 Å². The van der Waals surface area contributed by atoms with Crippen molar-refractivity contribution < 1.29 is 9.59 Å². The second-order valence-electron chi connectivity index (χ2n) is 6.31. The number of carbonyl (C=O) groups is 2. The number of aromatic nitrogens is 1. The number of nitriles is 1. The van der Waals surface area contributed by atoms with Gasteiger partial charge in [-0.05, 0) is 43.5 Å².